The van der Waals surface area contributed by atoms with Crippen LogP contribution in [0.25, 0.3) is 27.8 Å². The van der Waals surface area contributed by atoms with Gasteiger partial charge in [-0.25, -0.2) is 4.98 Å². The highest BCUT2D eigenvalue weighted by Crippen LogP contribution is 2.40. The maximum atomic E-state index is 11.7. The van der Waals surface area contributed by atoms with Crippen LogP contribution in [-0.4, -0.2) is 61.4 Å². The second-order valence-corrected chi connectivity index (χ2v) is 8.85. The van der Waals surface area contributed by atoms with Crippen LogP contribution in [0.2, 0.25) is 0 Å². The van der Waals surface area contributed by atoms with E-state index in [0.29, 0.717) is 29.7 Å². The highest BCUT2D eigenvalue weighted by Gasteiger charge is 2.41. The molecule has 9 heteroatoms. The molecule has 1 saturated heterocycles. The number of rotatable bonds is 4. The predicted molar refractivity (Wildman–Crippen MR) is 121 cm³/mol. The number of aromatic amines is 1. The standard InChI is InChI=1S/C23H25N7O2/c1-13(31)30-11-15-7-17(8-16(15)12-30)26-23-27-21-20(22(28-23)32-2)18(9-25-21)14-3-4-19-24-5-6-29(19)10-14/h3-6,9-10,15-17H,7-8,11-12H2,1-2H3,(H2,25,26,27,28)/t15-,16+,17+. The van der Waals surface area contributed by atoms with E-state index in [9.17, 15) is 4.79 Å². The summed E-state index contributed by atoms with van der Waals surface area (Å²) in [5.41, 5.74) is 3.65. The number of carbonyl (C=O) groups is 1. The minimum absolute atomic E-state index is 0.178. The number of nitrogens with one attached hydrogen (secondary N) is 2. The van der Waals surface area contributed by atoms with E-state index in [1.54, 1.807) is 20.2 Å². The number of ether oxygens (including phenoxy) is 1. The van der Waals surface area contributed by atoms with Gasteiger partial charge < -0.3 is 24.3 Å². The van der Waals surface area contributed by atoms with Crippen molar-refractivity contribution >= 4 is 28.5 Å². The number of carbonyl (C=O) groups excluding carboxylic acids is 1. The van der Waals surface area contributed by atoms with Crippen LogP contribution in [0.4, 0.5) is 5.95 Å². The van der Waals surface area contributed by atoms with Crippen molar-refractivity contribution in [2.75, 3.05) is 25.5 Å². The number of likely N-dealkylation sites (tertiary alicyclic amines) is 1. The van der Waals surface area contributed by atoms with E-state index < -0.39 is 0 Å². The second-order valence-electron chi connectivity index (χ2n) is 8.85. The first-order valence-electron chi connectivity index (χ1n) is 11.0. The fraction of sp³-hybridized carbons (Fsp3) is 0.391. The van der Waals surface area contributed by atoms with E-state index in [-0.39, 0.29) is 5.91 Å². The summed E-state index contributed by atoms with van der Waals surface area (Å²) in [6.07, 6.45) is 9.75. The maximum Gasteiger partial charge on any atom is 0.228 e. The Hall–Kier alpha value is -3.62. The number of hydrogen-bond acceptors (Lipinski definition) is 6. The number of anilines is 1. The molecule has 0 spiro atoms. The van der Waals surface area contributed by atoms with Gasteiger partial charge in [-0.05, 0) is 36.8 Å². The SMILES string of the molecule is COc1nc(N[C@H]2C[C@@H]3CN(C(C)=O)C[C@@H]3C2)nc2[nH]cc(-c3ccc4nccn4c3)c12. The Bertz CT molecular complexity index is 1310. The van der Waals surface area contributed by atoms with E-state index in [2.05, 4.69) is 20.3 Å². The zero-order valence-electron chi connectivity index (χ0n) is 18.1. The molecule has 164 valence electrons. The lowest BCUT2D eigenvalue weighted by atomic mass is 10.0. The van der Waals surface area contributed by atoms with Crippen LogP contribution in [0.15, 0.2) is 36.9 Å². The summed E-state index contributed by atoms with van der Waals surface area (Å²) >= 11 is 0. The highest BCUT2D eigenvalue weighted by molar-refractivity contribution is 5.97. The van der Waals surface area contributed by atoms with Gasteiger partial charge in [0.1, 0.15) is 11.3 Å². The number of aromatic nitrogens is 5. The van der Waals surface area contributed by atoms with Gasteiger partial charge in [-0.1, -0.05) is 0 Å². The Morgan fingerprint density at radius 2 is 2.03 bits per heavy atom. The monoisotopic (exact) mass is 431 g/mol. The molecule has 5 heterocycles. The summed E-state index contributed by atoms with van der Waals surface area (Å²) < 4.78 is 7.65. The molecule has 4 aromatic rings. The molecule has 2 N–H and O–H groups in total. The van der Waals surface area contributed by atoms with Crippen LogP contribution in [0, 0.1) is 11.8 Å². The van der Waals surface area contributed by atoms with Crippen LogP contribution >= 0.6 is 0 Å². The molecule has 0 aromatic carbocycles. The number of fused-ring (bicyclic) bond motifs is 3. The Morgan fingerprint density at radius 3 is 2.78 bits per heavy atom. The first-order chi connectivity index (χ1) is 15.6. The zero-order valence-corrected chi connectivity index (χ0v) is 18.1. The van der Waals surface area contributed by atoms with E-state index in [1.165, 1.54) is 0 Å². The van der Waals surface area contributed by atoms with Crippen molar-refractivity contribution in [2.45, 2.75) is 25.8 Å². The Labute approximate surface area is 184 Å². The predicted octanol–water partition coefficient (Wildman–Crippen LogP) is 2.95. The van der Waals surface area contributed by atoms with Crippen molar-refractivity contribution in [1.82, 2.24) is 29.2 Å². The minimum Gasteiger partial charge on any atom is -0.480 e. The lowest BCUT2D eigenvalue weighted by Gasteiger charge is -2.18. The quantitative estimate of drug-likeness (QED) is 0.515. The Balaban J connectivity index is 1.27. The van der Waals surface area contributed by atoms with Crippen LogP contribution < -0.4 is 10.1 Å². The molecule has 3 atom stereocenters. The van der Waals surface area contributed by atoms with Gasteiger partial charge in [-0.3, -0.25) is 4.79 Å². The molecule has 1 aliphatic carbocycles. The molecular weight excluding hydrogens is 406 g/mol. The van der Waals surface area contributed by atoms with Gasteiger partial charge >= 0.3 is 0 Å². The molecule has 0 radical (unpaired) electrons. The average molecular weight is 432 g/mol. The van der Waals surface area contributed by atoms with Gasteiger partial charge in [-0.2, -0.15) is 9.97 Å². The molecule has 1 aliphatic heterocycles. The van der Waals surface area contributed by atoms with Crippen LogP contribution in [-0.2, 0) is 4.79 Å². The maximum absolute atomic E-state index is 11.7. The molecule has 32 heavy (non-hydrogen) atoms. The lowest BCUT2D eigenvalue weighted by molar-refractivity contribution is -0.128. The van der Waals surface area contributed by atoms with Crippen molar-refractivity contribution in [3.05, 3.63) is 36.9 Å². The number of pyridine rings is 1. The molecular formula is C23H25N7O2. The lowest BCUT2D eigenvalue weighted by Crippen LogP contribution is -2.29. The van der Waals surface area contributed by atoms with Gasteiger partial charge in [0, 0.05) is 62.0 Å². The summed E-state index contributed by atoms with van der Waals surface area (Å²) in [4.78, 5) is 30.7. The number of amides is 1. The van der Waals surface area contributed by atoms with Crippen molar-refractivity contribution in [1.29, 1.82) is 0 Å². The minimum atomic E-state index is 0.178. The molecule has 1 saturated carbocycles. The summed E-state index contributed by atoms with van der Waals surface area (Å²) in [5, 5.41) is 4.37. The molecule has 9 nitrogen and oxygen atoms in total. The number of imidazole rings is 1. The van der Waals surface area contributed by atoms with E-state index >= 15 is 0 Å². The third-order valence-corrected chi connectivity index (χ3v) is 6.92. The fourth-order valence-corrected chi connectivity index (χ4v) is 5.38. The molecule has 1 amide bonds. The number of methoxy groups -OCH3 is 1. The molecule has 2 fully saturated rings. The van der Waals surface area contributed by atoms with Gasteiger partial charge in [-0.15, -0.1) is 0 Å². The molecule has 6 rings (SSSR count). The molecule has 0 bridgehead atoms. The third-order valence-electron chi connectivity index (χ3n) is 6.92. The Kier molecular flexibility index (Phi) is 4.31. The van der Waals surface area contributed by atoms with Crippen molar-refractivity contribution < 1.29 is 9.53 Å². The summed E-state index contributed by atoms with van der Waals surface area (Å²) in [6, 6.07) is 4.33. The normalized spacial score (nSPS) is 22.6. The van der Waals surface area contributed by atoms with E-state index in [0.717, 1.165) is 53.7 Å². The fourth-order valence-electron chi connectivity index (χ4n) is 5.38. The number of H-pyrrole nitrogens is 1. The van der Waals surface area contributed by atoms with Gasteiger partial charge in [0.05, 0.1) is 12.5 Å². The van der Waals surface area contributed by atoms with Crippen molar-refractivity contribution in [3.8, 4) is 17.0 Å². The van der Waals surface area contributed by atoms with E-state index in [4.69, 9.17) is 9.72 Å². The highest BCUT2D eigenvalue weighted by atomic mass is 16.5. The summed E-state index contributed by atoms with van der Waals surface area (Å²) in [7, 11) is 1.64. The molecule has 2 aliphatic rings. The number of nitrogens with zero attached hydrogens (tertiary/aromatic N) is 5. The van der Waals surface area contributed by atoms with Crippen molar-refractivity contribution in [2.24, 2.45) is 11.8 Å². The van der Waals surface area contributed by atoms with Crippen molar-refractivity contribution in [3.63, 3.8) is 0 Å². The average Bonchev–Trinajstić information content (AvgIpc) is 3.54. The number of hydrogen-bond donors (Lipinski definition) is 2. The zero-order chi connectivity index (χ0) is 21.8. The summed E-state index contributed by atoms with van der Waals surface area (Å²) in [5.74, 6) is 2.40. The van der Waals surface area contributed by atoms with Gasteiger partial charge in [0.15, 0.2) is 0 Å². The summed E-state index contributed by atoms with van der Waals surface area (Å²) in [6.45, 7) is 3.38. The second kappa shape index (κ2) is 7.22. The van der Waals surface area contributed by atoms with E-state index in [1.807, 2.05) is 40.0 Å². The first kappa shape index (κ1) is 19.1. The topological polar surface area (TPSA) is 100 Å². The van der Waals surface area contributed by atoms with Crippen LogP contribution in [0.1, 0.15) is 19.8 Å². The van der Waals surface area contributed by atoms with Gasteiger partial charge in [0.2, 0.25) is 17.7 Å². The van der Waals surface area contributed by atoms with Crippen LogP contribution in [0.5, 0.6) is 5.88 Å². The smallest absolute Gasteiger partial charge is 0.228 e. The third kappa shape index (κ3) is 3.07. The van der Waals surface area contributed by atoms with Gasteiger partial charge in [0.25, 0.3) is 0 Å². The molecule has 0 unspecified atom stereocenters. The first-order valence-corrected chi connectivity index (χ1v) is 11.0. The largest absolute Gasteiger partial charge is 0.480 e. The Morgan fingerprint density at radius 1 is 1.22 bits per heavy atom. The molecule has 4 aromatic heterocycles. The van der Waals surface area contributed by atoms with Crippen LogP contribution in [0.3, 0.4) is 0 Å².